The quantitative estimate of drug-likeness (QED) is 0.695. The summed E-state index contributed by atoms with van der Waals surface area (Å²) < 4.78 is 0.791. The fourth-order valence-electron chi connectivity index (χ4n) is 1.88. The van der Waals surface area contributed by atoms with Gasteiger partial charge in [0.15, 0.2) is 0 Å². The first-order valence-electron chi connectivity index (χ1n) is 6.03. The normalized spacial score (nSPS) is 10.2. The zero-order valence-electron chi connectivity index (χ0n) is 11.1. The Kier molecular flexibility index (Phi) is 4.46. The molecular weight excluding hydrogens is 385 g/mol. The molecule has 5 nitrogen and oxygen atoms in total. The van der Waals surface area contributed by atoms with Crippen LogP contribution in [0, 0.1) is 10.5 Å². The van der Waals surface area contributed by atoms with Crippen molar-refractivity contribution in [1.29, 1.82) is 0 Å². The van der Waals surface area contributed by atoms with Gasteiger partial charge in [-0.1, -0.05) is 12.1 Å². The molecule has 0 heterocycles. The Morgan fingerprint density at radius 2 is 1.86 bits per heavy atom. The van der Waals surface area contributed by atoms with Crippen molar-refractivity contribution in [2.75, 3.05) is 5.32 Å². The average Bonchev–Trinajstić information content (AvgIpc) is 2.43. The van der Waals surface area contributed by atoms with Crippen molar-refractivity contribution < 1.29 is 19.8 Å². The lowest BCUT2D eigenvalue weighted by Crippen LogP contribution is -2.16. The van der Waals surface area contributed by atoms with E-state index in [1.807, 2.05) is 22.6 Å². The summed E-state index contributed by atoms with van der Waals surface area (Å²) in [7, 11) is 0. The van der Waals surface area contributed by atoms with Gasteiger partial charge in [-0.2, -0.15) is 0 Å². The van der Waals surface area contributed by atoms with E-state index < -0.39 is 11.9 Å². The summed E-state index contributed by atoms with van der Waals surface area (Å²) in [5, 5.41) is 21.5. The lowest BCUT2D eigenvalue weighted by molar-refractivity contribution is 0.0698. The number of aryl methyl sites for hydroxylation is 1. The first-order valence-corrected chi connectivity index (χ1v) is 7.11. The monoisotopic (exact) mass is 397 g/mol. The number of anilines is 1. The maximum absolute atomic E-state index is 12.2. The molecule has 0 unspecified atom stereocenters. The van der Waals surface area contributed by atoms with Gasteiger partial charge in [0.2, 0.25) is 0 Å². The molecule has 0 aliphatic carbocycles. The Balaban J connectivity index is 2.41. The van der Waals surface area contributed by atoms with Gasteiger partial charge in [-0.05, 0) is 59.3 Å². The molecule has 0 aliphatic heterocycles. The highest BCUT2D eigenvalue weighted by atomic mass is 127. The predicted octanol–water partition coefficient (Wildman–Crippen LogP) is 3.26. The van der Waals surface area contributed by atoms with Crippen molar-refractivity contribution in [3.63, 3.8) is 0 Å². The minimum Gasteiger partial charge on any atom is -0.507 e. The Bertz CT molecular complexity index is 728. The van der Waals surface area contributed by atoms with Gasteiger partial charge < -0.3 is 15.5 Å². The van der Waals surface area contributed by atoms with E-state index in [0.29, 0.717) is 5.56 Å². The van der Waals surface area contributed by atoms with Crippen LogP contribution in [0.3, 0.4) is 0 Å². The third kappa shape index (κ3) is 3.33. The Labute approximate surface area is 134 Å². The molecule has 0 aromatic heterocycles. The minimum atomic E-state index is -1.12. The summed E-state index contributed by atoms with van der Waals surface area (Å²) in [5.74, 6) is -1.83. The van der Waals surface area contributed by atoms with Crippen LogP contribution in [0.4, 0.5) is 5.69 Å². The van der Waals surface area contributed by atoms with Crippen molar-refractivity contribution in [2.24, 2.45) is 0 Å². The number of benzene rings is 2. The molecule has 2 aromatic rings. The number of halogens is 1. The van der Waals surface area contributed by atoms with Crippen LogP contribution in [0.15, 0.2) is 36.4 Å². The molecule has 6 heteroatoms. The molecule has 0 aliphatic rings. The fraction of sp³-hybridized carbons (Fsp3) is 0.0667. The highest BCUT2D eigenvalue weighted by molar-refractivity contribution is 14.1. The zero-order valence-corrected chi connectivity index (χ0v) is 13.2. The van der Waals surface area contributed by atoms with Crippen LogP contribution in [0.1, 0.15) is 26.3 Å². The van der Waals surface area contributed by atoms with Crippen LogP contribution in [-0.2, 0) is 0 Å². The topological polar surface area (TPSA) is 86.6 Å². The molecule has 0 saturated heterocycles. The molecule has 0 bridgehead atoms. The van der Waals surface area contributed by atoms with E-state index in [1.165, 1.54) is 18.2 Å². The molecule has 3 N–H and O–H groups in total. The summed E-state index contributed by atoms with van der Waals surface area (Å²) >= 11 is 2.03. The summed E-state index contributed by atoms with van der Waals surface area (Å²) in [6.45, 7) is 1.71. The summed E-state index contributed by atoms with van der Waals surface area (Å²) in [6.07, 6.45) is 0. The molecule has 2 aromatic carbocycles. The highest BCUT2D eigenvalue weighted by Gasteiger charge is 2.17. The number of amides is 1. The van der Waals surface area contributed by atoms with Crippen molar-refractivity contribution in [3.05, 3.63) is 56.7 Å². The van der Waals surface area contributed by atoms with Crippen molar-refractivity contribution in [1.82, 2.24) is 0 Å². The molecule has 0 saturated carbocycles. The summed E-state index contributed by atoms with van der Waals surface area (Å²) in [4.78, 5) is 23.5. The Morgan fingerprint density at radius 3 is 2.52 bits per heavy atom. The second-order valence-electron chi connectivity index (χ2n) is 4.42. The molecular formula is C15H12INO4. The summed E-state index contributed by atoms with van der Waals surface area (Å²) in [5.41, 5.74) is 0.969. The number of carbonyl (C=O) groups is 2. The number of hydrogen-bond donors (Lipinski definition) is 3. The maximum atomic E-state index is 12.2. The smallest absolute Gasteiger partial charge is 0.337 e. The van der Waals surface area contributed by atoms with Crippen LogP contribution in [-0.4, -0.2) is 22.1 Å². The fourth-order valence-corrected chi connectivity index (χ4v) is 2.37. The van der Waals surface area contributed by atoms with E-state index in [1.54, 1.807) is 25.1 Å². The van der Waals surface area contributed by atoms with E-state index in [4.69, 9.17) is 0 Å². The van der Waals surface area contributed by atoms with Gasteiger partial charge in [0.25, 0.3) is 5.91 Å². The Morgan fingerprint density at radius 1 is 1.14 bits per heavy atom. The molecule has 0 fully saturated rings. The molecule has 0 atom stereocenters. The van der Waals surface area contributed by atoms with Crippen LogP contribution in [0.2, 0.25) is 0 Å². The Hall–Kier alpha value is -2.09. The maximum Gasteiger partial charge on any atom is 0.337 e. The van der Waals surface area contributed by atoms with Crippen LogP contribution in [0.25, 0.3) is 0 Å². The zero-order chi connectivity index (χ0) is 15.6. The molecule has 0 spiro atoms. The van der Waals surface area contributed by atoms with Crippen LogP contribution < -0.4 is 5.32 Å². The van der Waals surface area contributed by atoms with E-state index in [9.17, 15) is 19.8 Å². The van der Waals surface area contributed by atoms with Crippen molar-refractivity contribution in [3.8, 4) is 5.75 Å². The number of carbonyl (C=O) groups excluding carboxylic acids is 1. The number of nitrogens with one attached hydrogen (secondary N) is 1. The first-order chi connectivity index (χ1) is 9.90. The second kappa shape index (κ2) is 6.13. The standard InChI is InChI=1S/C15H12INO4/c1-8-3-2-4-10(15(20)21)13(8)17-14(19)11-7-9(16)5-6-12(11)18/h2-7,18H,1H3,(H,17,19)(H,20,21). The van der Waals surface area contributed by atoms with Crippen LogP contribution in [0.5, 0.6) is 5.75 Å². The van der Waals surface area contributed by atoms with Gasteiger partial charge in [0.05, 0.1) is 16.8 Å². The number of phenolic OH excluding ortho intramolecular Hbond substituents is 1. The first kappa shape index (κ1) is 15.3. The number of aromatic carboxylic acids is 1. The number of hydrogen-bond acceptors (Lipinski definition) is 3. The SMILES string of the molecule is Cc1cccc(C(=O)O)c1NC(=O)c1cc(I)ccc1O. The van der Waals surface area contributed by atoms with Gasteiger partial charge in [-0.25, -0.2) is 4.79 Å². The van der Waals surface area contributed by atoms with Gasteiger partial charge in [0.1, 0.15) is 5.75 Å². The van der Waals surface area contributed by atoms with Crippen molar-refractivity contribution in [2.45, 2.75) is 6.92 Å². The van der Waals surface area contributed by atoms with Gasteiger partial charge >= 0.3 is 5.97 Å². The van der Waals surface area contributed by atoms with Gasteiger partial charge in [0, 0.05) is 3.57 Å². The number of phenols is 1. The number of rotatable bonds is 3. The highest BCUT2D eigenvalue weighted by Crippen LogP contribution is 2.24. The van der Waals surface area contributed by atoms with E-state index in [-0.39, 0.29) is 22.6 Å². The van der Waals surface area contributed by atoms with Crippen molar-refractivity contribution >= 4 is 40.2 Å². The lowest BCUT2D eigenvalue weighted by atomic mass is 10.1. The average molecular weight is 397 g/mol. The van der Waals surface area contributed by atoms with E-state index >= 15 is 0 Å². The molecule has 1 amide bonds. The third-order valence-electron chi connectivity index (χ3n) is 2.94. The lowest BCUT2D eigenvalue weighted by Gasteiger charge is -2.12. The third-order valence-corrected chi connectivity index (χ3v) is 3.62. The molecule has 0 radical (unpaired) electrons. The largest absolute Gasteiger partial charge is 0.507 e. The number of aromatic hydroxyl groups is 1. The van der Waals surface area contributed by atoms with E-state index in [2.05, 4.69) is 5.32 Å². The van der Waals surface area contributed by atoms with E-state index in [0.717, 1.165) is 3.57 Å². The molecule has 108 valence electrons. The van der Waals surface area contributed by atoms with Gasteiger partial charge in [-0.15, -0.1) is 0 Å². The molecule has 21 heavy (non-hydrogen) atoms. The second-order valence-corrected chi connectivity index (χ2v) is 5.66. The number of carboxylic acid groups (broad SMARTS) is 1. The predicted molar refractivity (Wildman–Crippen MR) is 86.9 cm³/mol. The van der Waals surface area contributed by atoms with Gasteiger partial charge in [-0.3, -0.25) is 4.79 Å². The van der Waals surface area contributed by atoms with Crippen LogP contribution >= 0.6 is 22.6 Å². The molecule has 2 rings (SSSR count). The minimum absolute atomic E-state index is 0.00784. The number of carboxylic acids is 1. The number of para-hydroxylation sites is 1. The summed E-state index contributed by atoms with van der Waals surface area (Å²) in [6, 6.07) is 9.35.